The summed E-state index contributed by atoms with van der Waals surface area (Å²) in [6.07, 6.45) is 3.12. The van der Waals surface area contributed by atoms with Gasteiger partial charge in [0.15, 0.2) is 0 Å². The van der Waals surface area contributed by atoms with Crippen molar-refractivity contribution in [1.82, 2.24) is 0 Å². The van der Waals surface area contributed by atoms with Gasteiger partial charge in [0.2, 0.25) is 0 Å². The summed E-state index contributed by atoms with van der Waals surface area (Å²) in [6.45, 7) is 1.64. The molecule has 4 heteroatoms. The summed E-state index contributed by atoms with van der Waals surface area (Å²) in [5.41, 5.74) is 1.24. The molecule has 0 saturated heterocycles. The lowest BCUT2D eigenvalue weighted by atomic mass is 10.1. The lowest BCUT2D eigenvalue weighted by Gasteiger charge is -2.02. The van der Waals surface area contributed by atoms with E-state index in [0.29, 0.717) is 19.3 Å². The van der Waals surface area contributed by atoms with Gasteiger partial charge in [0.25, 0.3) is 0 Å². The highest BCUT2D eigenvalue weighted by molar-refractivity contribution is 7.91. The van der Waals surface area contributed by atoms with E-state index in [0.717, 1.165) is 12.8 Å². The van der Waals surface area contributed by atoms with Crippen molar-refractivity contribution in [3.63, 3.8) is 0 Å². The molecule has 1 aromatic rings. The zero-order valence-electron chi connectivity index (χ0n) is 11.5. The van der Waals surface area contributed by atoms with Crippen molar-refractivity contribution in [3.05, 3.63) is 35.9 Å². The topological polar surface area (TPSA) is 51.2 Å². The molecule has 1 aromatic carbocycles. The quantitative estimate of drug-likeness (QED) is 0.700. The van der Waals surface area contributed by atoms with Crippen molar-refractivity contribution < 1.29 is 13.2 Å². The van der Waals surface area contributed by atoms with Gasteiger partial charge in [0, 0.05) is 18.6 Å². The molecular weight excluding hydrogens is 260 g/mol. The first-order valence-electron chi connectivity index (χ1n) is 6.79. The van der Waals surface area contributed by atoms with Crippen LogP contribution in [-0.4, -0.2) is 25.7 Å². The van der Waals surface area contributed by atoms with Gasteiger partial charge in [0.05, 0.1) is 5.75 Å². The van der Waals surface area contributed by atoms with Crippen molar-refractivity contribution >= 4 is 15.6 Å². The molecule has 0 N–H and O–H groups in total. The Morgan fingerprint density at radius 3 is 2.32 bits per heavy atom. The molecule has 19 heavy (non-hydrogen) atoms. The van der Waals surface area contributed by atoms with Crippen LogP contribution in [0.3, 0.4) is 0 Å². The van der Waals surface area contributed by atoms with Gasteiger partial charge >= 0.3 is 0 Å². The average molecular weight is 282 g/mol. The number of Topliss-reactive ketones (excluding diaryl/α,β-unsaturated/α-hetero) is 1. The third kappa shape index (κ3) is 7.11. The van der Waals surface area contributed by atoms with Crippen LogP contribution in [0, 0.1) is 0 Å². The van der Waals surface area contributed by atoms with Crippen LogP contribution in [0.1, 0.15) is 38.2 Å². The fourth-order valence-corrected chi connectivity index (χ4v) is 2.77. The van der Waals surface area contributed by atoms with Crippen molar-refractivity contribution in [2.24, 2.45) is 0 Å². The molecule has 3 nitrogen and oxygen atoms in total. The number of rotatable bonds is 9. The van der Waals surface area contributed by atoms with Crippen molar-refractivity contribution in [2.75, 3.05) is 11.5 Å². The van der Waals surface area contributed by atoms with Crippen LogP contribution in [0.5, 0.6) is 0 Å². The van der Waals surface area contributed by atoms with Crippen LogP contribution in [0.15, 0.2) is 30.3 Å². The number of aryl methyl sites for hydroxylation is 1. The molecule has 0 amide bonds. The van der Waals surface area contributed by atoms with Gasteiger partial charge in [-0.05, 0) is 24.8 Å². The highest BCUT2D eigenvalue weighted by atomic mass is 32.2. The number of carbonyl (C=O) groups excluding carboxylic acids is 1. The second-order valence-electron chi connectivity index (χ2n) is 4.72. The molecule has 0 aliphatic carbocycles. The number of sulfone groups is 1. The molecule has 0 fully saturated rings. The predicted octanol–water partition coefficient (Wildman–Crippen LogP) is 2.79. The number of benzene rings is 1. The van der Waals surface area contributed by atoms with E-state index in [1.807, 2.05) is 18.2 Å². The number of hydrogen-bond donors (Lipinski definition) is 0. The minimum absolute atomic E-state index is 0.133. The molecule has 0 bridgehead atoms. The second kappa shape index (κ2) is 8.10. The molecule has 0 heterocycles. The van der Waals surface area contributed by atoms with E-state index in [4.69, 9.17) is 0 Å². The molecule has 0 aliphatic heterocycles. The third-order valence-corrected chi connectivity index (χ3v) is 4.91. The predicted molar refractivity (Wildman–Crippen MR) is 77.9 cm³/mol. The first-order valence-corrected chi connectivity index (χ1v) is 8.61. The summed E-state index contributed by atoms with van der Waals surface area (Å²) in [5, 5.41) is 0. The Balaban J connectivity index is 2.15. The second-order valence-corrected chi connectivity index (χ2v) is 7.19. The van der Waals surface area contributed by atoms with Gasteiger partial charge in [-0.1, -0.05) is 37.3 Å². The fraction of sp³-hybridized carbons (Fsp3) is 0.533. The van der Waals surface area contributed by atoms with E-state index in [2.05, 4.69) is 12.1 Å². The van der Waals surface area contributed by atoms with Crippen LogP contribution < -0.4 is 0 Å². The van der Waals surface area contributed by atoms with Crippen molar-refractivity contribution in [1.29, 1.82) is 0 Å². The summed E-state index contributed by atoms with van der Waals surface area (Å²) in [6, 6.07) is 10.1. The number of carbonyl (C=O) groups is 1. The van der Waals surface area contributed by atoms with E-state index in [1.54, 1.807) is 6.92 Å². The van der Waals surface area contributed by atoms with Crippen molar-refractivity contribution in [2.45, 2.75) is 39.0 Å². The van der Waals surface area contributed by atoms with Gasteiger partial charge in [-0.25, -0.2) is 8.42 Å². The van der Waals surface area contributed by atoms with Gasteiger partial charge < -0.3 is 0 Å². The monoisotopic (exact) mass is 282 g/mol. The Morgan fingerprint density at radius 1 is 1.05 bits per heavy atom. The normalized spacial score (nSPS) is 11.4. The minimum atomic E-state index is -2.93. The van der Waals surface area contributed by atoms with Crippen LogP contribution in [0.2, 0.25) is 0 Å². The standard InChI is InChI=1S/C15H22O3S/c1-2-19(17,18)13-7-12-15(16)11-6-10-14-8-4-3-5-9-14/h3-5,8-9H,2,6-7,10-13H2,1H3. The zero-order chi connectivity index (χ0) is 14.1. The average Bonchev–Trinajstić information content (AvgIpc) is 2.40. The molecule has 0 unspecified atom stereocenters. The molecule has 0 saturated carbocycles. The summed E-state index contributed by atoms with van der Waals surface area (Å²) in [7, 11) is -2.93. The van der Waals surface area contributed by atoms with Crippen LogP contribution in [-0.2, 0) is 21.1 Å². The molecule has 0 aromatic heterocycles. The van der Waals surface area contributed by atoms with E-state index in [-0.39, 0.29) is 17.3 Å². The summed E-state index contributed by atoms with van der Waals surface area (Å²) in [4.78, 5) is 11.6. The molecule has 1 rings (SSSR count). The van der Waals surface area contributed by atoms with Gasteiger partial charge in [-0.2, -0.15) is 0 Å². The molecule has 106 valence electrons. The van der Waals surface area contributed by atoms with Crippen LogP contribution in [0.25, 0.3) is 0 Å². The highest BCUT2D eigenvalue weighted by Crippen LogP contribution is 2.07. The Bertz CT molecular complexity index is 477. The van der Waals surface area contributed by atoms with Crippen LogP contribution >= 0.6 is 0 Å². The summed E-state index contributed by atoms with van der Waals surface area (Å²) >= 11 is 0. The van der Waals surface area contributed by atoms with E-state index in [9.17, 15) is 13.2 Å². The molecule has 0 atom stereocenters. The Labute approximate surface area is 116 Å². The van der Waals surface area contributed by atoms with Gasteiger partial charge in [-0.3, -0.25) is 4.79 Å². The van der Waals surface area contributed by atoms with E-state index < -0.39 is 9.84 Å². The van der Waals surface area contributed by atoms with Gasteiger partial charge in [-0.15, -0.1) is 0 Å². The van der Waals surface area contributed by atoms with Crippen molar-refractivity contribution in [3.8, 4) is 0 Å². The number of ketones is 1. The minimum Gasteiger partial charge on any atom is -0.300 e. The maximum atomic E-state index is 11.6. The summed E-state index contributed by atoms with van der Waals surface area (Å²) < 4.78 is 22.5. The maximum absolute atomic E-state index is 11.6. The Morgan fingerprint density at radius 2 is 1.68 bits per heavy atom. The Hall–Kier alpha value is -1.16. The first-order chi connectivity index (χ1) is 9.03. The number of hydrogen-bond acceptors (Lipinski definition) is 3. The highest BCUT2D eigenvalue weighted by Gasteiger charge is 2.09. The first kappa shape index (κ1) is 15.9. The Kier molecular flexibility index (Phi) is 6.78. The lowest BCUT2D eigenvalue weighted by molar-refractivity contribution is -0.119. The van der Waals surface area contributed by atoms with Gasteiger partial charge in [0.1, 0.15) is 15.6 Å². The molecule has 0 spiro atoms. The fourth-order valence-electron chi connectivity index (χ4n) is 1.89. The zero-order valence-corrected chi connectivity index (χ0v) is 12.3. The molecule has 0 radical (unpaired) electrons. The molecular formula is C15H22O3S. The smallest absolute Gasteiger partial charge is 0.150 e. The van der Waals surface area contributed by atoms with Crippen LogP contribution in [0.4, 0.5) is 0 Å². The summed E-state index contributed by atoms with van der Waals surface area (Å²) in [5.74, 6) is 0.464. The van der Waals surface area contributed by atoms with E-state index >= 15 is 0 Å². The van der Waals surface area contributed by atoms with E-state index in [1.165, 1.54) is 5.56 Å². The largest absolute Gasteiger partial charge is 0.300 e. The third-order valence-electron chi connectivity index (χ3n) is 3.11. The lowest BCUT2D eigenvalue weighted by Crippen LogP contribution is -2.10. The molecule has 0 aliphatic rings. The maximum Gasteiger partial charge on any atom is 0.150 e. The SMILES string of the molecule is CCS(=O)(=O)CCCC(=O)CCCc1ccccc1.